The summed E-state index contributed by atoms with van der Waals surface area (Å²) in [6.07, 6.45) is 3.43. The molecule has 1 saturated heterocycles. The lowest BCUT2D eigenvalue weighted by molar-refractivity contribution is -0.131. The Morgan fingerprint density at radius 2 is 2.32 bits per heavy atom. The van der Waals surface area contributed by atoms with E-state index in [2.05, 4.69) is 6.92 Å². The van der Waals surface area contributed by atoms with Crippen LogP contribution >= 0.6 is 23.4 Å². The molecule has 1 amide bonds. The smallest absolute Gasteiger partial charge is 0.233 e. The molecule has 0 saturated carbocycles. The number of carbonyl (C=O) groups excluding carboxylic acids is 1. The molecule has 1 atom stereocenters. The molecular formula is C14H19ClN2OS. The Bertz CT molecular complexity index is 447. The van der Waals surface area contributed by atoms with Crippen LogP contribution in [-0.4, -0.2) is 29.1 Å². The molecule has 1 aliphatic rings. The number of anilines is 1. The molecule has 0 aromatic heterocycles. The summed E-state index contributed by atoms with van der Waals surface area (Å²) in [5.41, 5.74) is 6.52. The van der Waals surface area contributed by atoms with E-state index < -0.39 is 0 Å². The van der Waals surface area contributed by atoms with Gasteiger partial charge in [0, 0.05) is 23.2 Å². The maximum Gasteiger partial charge on any atom is 0.233 e. The highest BCUT2D eigenvalue weighted by molar-refractivity contribution is 8.00. The summed E-state index contributed by atoms with van der Waals surface area (Å²) in [4.78, 5) is 15.0. The Balaban J connectivity index is 1.96. The van der Waals surface area contributed by atoms with Gasteiger partial charge in [-0.25, -0.2) is 0 Å². The first-order valence-electron chi connectivity index (χ1n) is 6.56. The first-order chi connectivity index (χ1) is 9.09. The quantitative estimate of drug-likeness (QED) is 0.687. The molecule has 1 fully saturated rings. The van der Waals surface area contributed by atoms with Gasteiger partial charge in [-0.15, -0.1) is 11.8 Å². The largest absolute Gasteiger partial charge is 0.398 e. The van der Waals surface area contributed by atoms with Gasteiger partial charge in [0.25, 0.3) is 0 Å². The number of hydrogen-bond acceptors (Lipinski definition) is 3. The minimum absolute atomic E-state index is 0.177. The van der Waals surface area contributed by atoms with Gasteiger partial charge in [0.1, 0.15) is 0 Å². The predicted molar refractivity (Wildman–Crippen MR) is 81.6 cm³/mol. The van der Waals surface area contributed by atoms with E-state index in [1.807, 2.05) is 17.0 Å². The molecule has 1 aliphatic heterocycles. The number of thioether (sulfide) groups is 1. The monoisotopic (exact) mass is 298 g/mol. The molecule has 0 spiro atoms. The number of nitrogens with two attached hydrogens (primary N) is 1. The second kappa shape index (κ2) is 6.53. The van der Waals surface area contributed by atoms with Gasteiger partial charge in [0.15, 0.2) is 0 Å². The summed E-state index contributed by atoms with van der Waals surface area (Å²) in [6, 6.07) is 5.78. The average molecular weight is 299 g/mol. The van der Waals surface area contributed by atoms with Crippen molar-refractivity contribution < 1.29 is 4.79 Å². The Hall–Kier alpha value is -0.870. The van der Waals surface area contributed by atoms with Crippen molar-refractivity contribution in [3.8, 4) is 0 Å². The molecule has 0 aliphatic carbocycles. The molecule has 0 bridgehead atoms. The number of carbonyl (C=O) groups is 1. The lowest BCUT2D eigenvalue weighted by Gasteiger charge is -2.33. The van der Waals surface area contributed by atoms with Crippen molar-refractivity contribution in [1.29, 1.82) is 0 Å². The van der Waals surface area contributed by atoms with E-state index in [1.165, 1.54) is 18.2 Å². The molecular weight excluding hydrogens is 280 g/mol. The Morgan fingerprint density at radius 1 is 1.53 bits per heavy atom. The van der Waals surface area contributed by atoms with Crippen molar-refractivity contribution in [2.75, 3.05) is 18.0 Å². The van der Waals surface area contributed by atoms with Crippen molar-refractivity contribution in [1.82, 2.24) is 4.90 Å². The number of hydrogen-bond donors (Lipinski definition) is 1. The number of rotatable bonds is 3. The third-order valence-electron chi connectivity index (χ3n) is 3.46. The number of halogens is 1. The molecule has 1 unspecified atom stereocenters. The van der Waals surface area contributed by atoms with Crippen molar-refractivity contribution in [2.45, 2.75) is 37.1 Å². The van der Waals surface area contributed by atoms with Gasteiger partial charge in [-0.3, -0.25) is 4.79 Å². The number of amides is 1. The van der Waals surface area contributed by atoms with E-state index in [0.29, 0.717) is 22.5 Å². The van der Waals surface area contributed by atoms with Crippen LogP contribution in [0.4, 0.5) is 5.69 Å². The lowest BCUT2D eigenvalue weighted by atomic mass is 10.0. The molecule has 2 rings (SSSR count). The van der Waals surface area contributed by atoms with Crippen LogP contribution in [0.15, 0.2) is 23.1 Å². The summed E-state index contributed by atoms with van der Waals surface area (Å²) < 4.78 is 0. The van der Waals surface area contributed by atoms with Gasteiger partial charge in [0.2, 0.25) is 5.91 Å². The summed E-state index contributed by atoms with van der Waals surface area (Å²) in [7, 11) is 0. The van der Waals surface area contributed by atoms with Crippen LogP contribution in [0.1, 0.15) is 26.2 Å². The van der Waals surface area contributed by atoms with Crippen molar-refractivity contribution in [2.24, 2.45) is 0 Å². The molecule has 1 aromatic carbocycles. The van der Waals surface area contributed by atoms with Gasteiger partial charge in [-0.2, -0.15) is 0 Å². The minimum atomic E-state index is 0.177. The summed E-state index contributed by atoms with van der Waals surface area (Å²) in [5, 5.41) is 0.615. The van der Waals surface area contributed by atoms with Gasteiger partial charge in [-0.1, -0.05) is 17.7 Å². The fraction of sp³-hybridized carbons (Fsp3) is 0.500. The molecule has 0 radical (unpaired) electrons. The fourth-order valence-corrected chi connectivity index (χ4v) is 3.58. The highest BCUT2D eigenvalue weighted by Gasteiger charge is 2.23. The van der Waals surface area contributed by atoms with Crippen LogP contribution in [0, 0.1) is 0 Å². The van der Waals surface area contributed by atoms with Gasteiger partial charge < -0.3 is 10.6 Å². The van der Waals surface area contributed by atoms with Crippen molar-refractivity contribution in [3.63, 3.8) is 0 Å². The van der Waals surface area contributed by atoms with Gasteiger partial charge in [-0.05, 0) is 38.3 Å². The second-order valence-corrected chi connectivity index (χ2v) is 6.27. The highest BCUT2D eigenvalue weighted by atomic mass is 35.5. The van der Waals surface area contributed by atoms with Gasteiger partial charge >= 0.3 is 0 Å². The SMILES string of the molecule is CC1CCCCN1C(=O)CSc1c(N)cccc1Cl. The molecule has 1 aromatic rings. The van der Waals surface area contributed by atoms with Crippen LogP contribution in [0.5, 0.6) is 0 Å². The van der Waals surface area contributed by atoms with Crippen LogP contribution < -0.4 is 5.73 Å². The predicted octanol–water partition coefficient (Wildman–Crippen LogP) is 3.42. The maximum absolute atomic E-state index is 12.2. The minimum Gasteiger partial charge on any atom is -0.398 e. The molecule has 1 heterocycles. The Kier molecular flexibility index (Phi) is 4.99. The Morgan fingerprint density at radius 3 is 3.00 bits per heavy atom. The van der Waals surface area contributed by atoms with E-state index in [1.54, 1.807) is 6.07 Å². The molecule has 2 N–H and O–H groups in total. The number of piperidine rings is 1. The average Bonchev–Trinajstić information content (AvgIpc) is 2.38. The van der Waals surface area contributed by atoms with Crippen LogP contribution in [0.2, 0.25) is 5.02 Å². The third kappa shape index (κ3) is 3.57. The normalized spacial score (nSPS) is 19.5. The molecule has 19 heavy (non-hydrogen) atoms. The number of nitrogens with zero attached hydrogens (tertiary/aromatic N) is 1. The van der Waals surface area contributed by atoms with Crippen LogP contribution in [0.25, 0.3) is 0 Å². The highest BCUT2D eigenvalue weighted by Crippen LogP contribution is 2.32. The van der Waals surface area contributed by atoms with Crippen LogP contribution in [0.3, 0.4) is 0 Å². The summed E-state index contributed by atoms with van der Waals surface area (Å²) in [5.74, 6) is 0.578. The maximum atomic E-state index is 12.2. The zero-order valence-electron chi connectivity index (χ0n) is 11.1. The molecule has 5 heteroatoms. The van der Waals surface area contributed by atoms with Gasteiger partial charge in [0.05, 0.1) is 10.8 Å². The van der Waals surface area contributed by atoms with E-state index in [-0.39, 0.29) is 5.91 Å². The third-order valence-corrected chi connectivity index (χ3v) is 5.02. The van der Waals surface area contributed by atoms with E-state index in [9.17, 15) is 4.79 Å². The van der Waals surface area contributed by atoms with Crippen molar-refractivity contribution in [3.05, 3.63) is 23.2 Å². The molecule has 104 valence electrons. The Labute approximate surface area is 123 Å². The van der Waals surface area contributed by atoms with Crippen LogP contribution in [-0.2, 0) is 4.79 Å². The van der Waals surface area contributed by atoms with E-state index in [0.717, 1.165) is 24.3 Å². The summed E-state index contributed by atoms with van der Waals surface area (Å²) in [6.45, 7) is 2.99. The second-order valence-electron chi connectivity index (χ2n) is 4.88. The first-order valence-corrected chi connectivity index (χ1v) is 7.92. The van der Waals surface area contributed by atoms with E-state index in [4.69, 9.17) is 17.3 Å². The lowest BCUT2D eigenvalue weighted by Crippen LogP contribution is -2.42. The number of benzene rings is 1. The topological polar surface area (TPSA) is 46.3 Å². The fourth-order valence-electron chi connectivity index (χ4n) is 2.36. The first kappa shape index (κ1) is 14.5. The standard InChI is InChI=1S/C14H19ClN2OS/c1-10-5-2-3-8-17(10)13(18)9-19-14-11(15)6-4-7-12(14)16/h4,6-7,10H,2-3,5,8-9,16H2,1H3. The number of nitrogen functional groups attached to an aromatic ring is 1. The van der Waals surface area contributed by atoms with Crippen molar-refractivity contribution >= 4 is 35.0 Å². The number of likely N-dealkylation sites (tertiary alicyclic amines) is 1. The molecule has 3 nitrogen and oxygen atoms in total. The zero-order chi connectivity index (χ0) is 13.8. The zero-order valence-corrected chi connectivity index (χ0v) is 12.6. The van der Waals surface area contributed by atoms with E-state index >= 15 is 0 Å². The summed E-state index contributed by atoms with van der Waals surface area (Å²) >= 11 is 7.53.